The van der Waals surface area contributed by atoms with E-state index in [1.807, 2.05) is 30.5 Å². The van der Waals surface area contributed by atoms with Crippen LogP contribution in [0.1, 0.15) is 36.0 Å². The first-order valence-corrected chi connectivity index (χ1v) is 10.2. The Kier molecular flexibility index (Phi) is 6.40. The summed E-state index contributed by atoms with van der Waals surface area (Å²) in [5.41, 5.74) is 6.29. The third-order valence-electron chi connectivity index (χ3n) is 4.51. The SMILES string of the molecule is CSc1cccc(Oc2ncccc2C(=O)N(Cl)C2CCC(N)CC2)c1. The van der Waals surface area contributed by atoms with Gasteiger partial charge in [0, 0.05) is 35.0 Å². The molecule has 7 heteroatoms. The molecule has 5 nitrogen and oxygen atoms in total. The van der Waals surface area contributed by atoms with Gasteiger partial charge in [0.1, 0.15) is 11.3 Å². The average Bonchev–Trinajstić information content (AvgIpc) is 2.68. The normalized spacial score (nSPS) is 19.8. The van der Waals surface area contributed by atoms with Crippen LogP contribution in [0, 0.1) is 0 Å². The lowest BCUT2D eigenvalue weighted by Gasteiger charge is -2.31. The number of nitrogens with zero attached hydrogens (tertiary/aromatic N) is 2. The monoisotopic (exact) mass is 391 g/mol. The van der Waals surface area contributed by atoms with Crippen molar-refractivity contribution in [2.45, 2.75) is 42.7 Å². The van der Waals surface area contributed by atoms with Crippen molar-refractivity contribution in [2.75, 3.05) is 6.26 Å². The highest BCUT2D eigenvalue weighted by molar-refractivity contribution is 7.98. The van der Waals surface area contributed by atoms with Crippen molar-refractivity contribution in [2.24, 2.45) is 5.73 Å². The Morgan fingerprint density at radius 3 is 2.77 bits per heavy atom. The molecule has 0 bridgehead atoms. The van der Waals surface area contributed by atoms with E-state index in [-0.39, 0.29) is 23.9 Å². The van der Waals surface area contributed by atoms with Gasteiger partial charge in [-0.1, -0.05) is 6.07 Å². The third-order valence-corrected chi connectivity index (χ3v) is 5.67. The molecule has 2 aromatic rings. The van der Waals surface area contributed by atoms with Gasteiger partial charge >= 0.3 is 0 Å². The van der Waals surface area contributed by atoms with E-state index in [1.54, 1.807) is 30.1 Å². The summed E-state index contributed by atoms with van der Waals surface area (Å²) in [6, 6.07) is 11.2. The van der Waals surface area contributed by atoms with Crippen LogP contribution in [-0.2, 0) is 0 Å². The first-order chi connectivity index (χ1) is 12.6. The maximum atomic E-state index is 12.9. The van der Waals surface area contributed by atoms with Gasteiger partial charge in [0.15, 0.2) is 0 Å². The molecule has 1 aliphatic carbocycles. The highest BCUT2D eigenvalue weighted by atomic mass is 35.5. The molecular weight excluding hydrogens is 370 g/mol. The number of thioether (sulfide) groups is 1. The summed E-state index contributed by atoms with van der Waals surface area (Å²) >= 11 is 7.99. The quantitative estimate of drug-likeness (QED) is 0.601. The number of ether oxygens (including phenoxy) is 1. The highest BCUT2D eigenvalue weighted by Gasteiger charge is 2.29. The lowest BCUT2D eigenvalue weighted by atomic mass is 9.91. The fraction of sp³-hybridized carbons (Fsp3) is 0.368. The molecule has 1 heterocycles. The molecule has 26 heavy (non-hydrogen) atoms. The van der Waals surface area contributed by atoms with Crippen LogP contribution in [0.25, 0.3) is 0 Å². The van der Waals surface area contributed by atoms with E-state index in [4.69, 9.17) is 22.2 Å². The van der Waals surface area contributed by atoms with Crippen molar-refractivity contribution >= 4 is 29.4 Å². The van der Waals surface area contributed by atoms with Gasteiger partial charge < -0.3 is 10.5 Å². The molecule has 1 aromatic heterocycles. The van der Waals surface area contributed by atoms with Crippen molar-refractivity contribution in [3.05, 3.63) is 48.2 Å². The number of amides is 1. The maximum Gasteiger partial charge on any atom is 0.273 e. The Bertz CT molecular complexity index is 766. The predicted molar refractivity (Wildman–Crippen MR) is 105 cm³/mol. The summed E-state index contributed by atoms with van der Waals surface area (Å²) in [6.07, 6.45) is 6.96. The zero-order valence-corrected chi connectivity index (χ0v) is 16.2. The molecule has 1 aliphatic rings. The van der Waals surface area contributed by atoms with Crippen molar-refractivity contribution in [1.29, 1.82) is 0 Å². The molecule has 0 aliphatic heterocycles. The van der Waals surface area contributed by atoms with Crippen LogP contribution < -0.4 is 10.5 Å². The molecule has 1 amide bonds. The number of hydrogen-bond donors (Lipinski definition) is 1. The van der Waals surface area contributed by atoms with Gasteiger partial charge in [-0.2, -0.15) is 0 Å². The van der Waals surface area contributed by atoms with E-state index in [1.165, 1.54) is 4.42 Å². The van der Waals surface area contributed by atoms with Crippen LogP contribution in [-0.4, -0.2) is 33.6 Å². The van der Waals surface area contributed by atoms with Crippen LogP contribution in [0.15, 0.2) is 47.5 Å². The van der Waals surface area contributed by atoms with Crippen LogP contribution in [0.2, 0.25) is 0 Å². The lowest BCUT2D eigenvalue weighted by molar-refractivity contribution is 0.0793. The van der Waals surface area contributed by atoms with E-state index < -0.39 is 0 Å². The predicted octanol–water partition coefficient (Wildman–Crippen LogP) is 4.46. The smallest absolute Gasteiger partial charge is 0.273 e. The number of aromatic nitrogens is 1. The van der Waals surface area contributed by atoms with Gasteiger partial charge in [-0.25, -0.2) is 9.40 Å². The van der Waals surface area contributed by atoms with Crippen molar-refractivity contribution in [3.63, 3.8) is 0 Å². The van der Waals surface area contributed by atoms with Crippen molar-refractivity contribution < 1.29 is 9.53 Å². The zero-order chi connectivity index (χ0) is 18.5. The number of carbonyl (C=O) groups excluding carboxylic acids is 1. The van der Waals surface area contributed by atoms with Gasteiger partial charge in [-0.05, 0) is 62.3 Å². The molecule has 1 aromatic carbocycles. The van der Waals surface area contributed by atoms with Crippen molar-refractivity contribution in [3.8, 4) is 11.6 Å². The second kappa shape index (κ2) is 8.75. The summed E-state index contributed by atoms with van der Waals surface area (Å²) in [5.74, 6) is 0.597. The van der Waals surface area contributed by atoms with Gasteiger partial charge in [0.25, 0.3) is 5.91 Å². The Hall–Kier alpha value is -1.76. The third kappa shape index (κ3) is 4.50. The first-order valence-electron chi connectivity index (χ1n) is 8.60. The Balaban J connectivity index is 1.78. The molecular formula is C19H22ClN3O2S. The largest absolute Gasteiger partial charge is 0.438 e. The van der Waals surface area contributed by atoms with Crippen LogP contribution in [0.3, 0.4) is 0 Å². The number of hydrogen-bond acceptors (Lipinski definition) is 5. The Labute approximate surface area is 163 Å². The van der Waals surface area contributed by atoms with Gasteiger partial charge in [-0.3, -0.25) is 4.79 Å². The van der Waals surface area contributed by atoms with E-state index in [0.29, 0.717) is 11.3 Å². The Morgan fingerprint density at radius 1 is 1.27 bits per heavy atom. The molecule has 1 fully saturated rings. The molecule has 0 atom stereocenters. The summed E-state index contributed by atoms with van der Waals surface area (Å²) in [4.78, 5) is 18.2. The lowest BCUT2D eigenvalue weighted by Crippen LogP contribution is -2.39. The van der Waals surface area contributed by atoms with Crippen LogP contribution in [0.4, 0.5) is 0 Å². The number of pyridine rings is 1. The highest BCUT2D eigenvalue weighted by Crippen LogP contribution is 2.30. The second-order valence-electron chi connectivity index (χ2n) is 6.32. The summed E-state index contributed by atoms with van der Waals surface area (Å²) in [6.45, 7) is 0. The molecule has 0 saturated heterocycles. The topological polar surface area (TPSA) is 68.5 Å². The number of carbonyl (C=O) groups is 1. The first kappa shape index (κ1) is 19.0. The van der Waals surface area contributed by atoms with Crippen molar-refractivity contribution in [1.82, 2.24) is 9.40 Å². The number of benzene rings is 1. The number of halogens is 1. The molecule has 0 radical (unpaired) electrons. The Morgan fingerprint density at radius 2 is 2.04 bits per heavy atom. The average molecular weight is 392 g/mol. The summed E-state index contributed by atoms with van der Waals surface area (Å²) in [5, 5.41) is 0. The molecule has 138 valence electrons. The minimum atomic E-state index is -0.295. The van der Waals surface area contributed by atoms with E-state index in [9.17, 15) is 4.79 Å². The van der Waals surface area contributed by atoms with Crippen LogP contribution in [0.5, 0.6) is 11.6 Å². The molecule has 2 N–H and O–H groups in total. The molecule has 1 saturated carbocycles. The van der Waals surface area contributed by atoms with Gasteiger partial charge in [0.05, 0.1) is 0 Å². The maximum absolute atomic E-state index is 12.9. The minimum Gasteiger partial charge on any atom is -0.438 e. The molecule has 0 spiro atoms. The number of rotatable bonds is 5. The standard InChI is InChI=1S/C19H22ClN3O2S/c1-26-16-5-2-4-15(12-16)25-18-17(6-3-11-22-18)19(24)23(20)14-9-7-13(21)8-10-14/h2-6,11-14H,7-10,21H2,1H3. The van der Waals surface area contributed by atoms with Crippen LogP contribution >= 0.6 is 23.5 Å². The molecule has 0 unspecified atom stereocenters. The van der Waals surface area contributed by atoms with Gasteiger partial charge in [0.2, 0.25) is 5.88 Å². The summed E-state index contributed by atoms with van der Waals surface area (Å²) < 4.78 is 7.16. The fourth-order valence-electron chi connectivity index (χ4n) is 3.02. The minimum absolute atomic E-state index is 0.0168. The second-order valence-corrected chi connectivity index (χ2v) is 7.57. The van der Waals surface area contributed by atoms with E-state index in [0.717, 1.165) is 30.6 Å². The zero-order valence-electron chi connectivity index (χ0n) is 14.6. The molecule has 3 rings (SSSR count). The van der Waals surface area contributed by atoms with E-state index in [2.05, 4.69) is 4.98 Å². The van der Waals surface area contributed by atoms with Gasteiger partial charge in [-0.15, -0.1) is 11.8 Å². The fourth-order valence-corrected chi connectivity index (χ4v) is 3.76. The summed E-state index contributed by atoms with van der Waals surface area (Å²) in [7, 11) is 0. The number of nitrogens with two attached hydrogens (primary N) is 1. The van der Waals surface area contributed by atoms with E-state index >= 15 is 0 Å².